The highest BCUT2D eigenvalue weighted by Crippen LogP contribution is 2.35. The molecule has 162 valence electrons. The highest BCUT2D eigenvalue weighted by molar-refractivity contribution is 6.15. The minimum Gasteiger partial charge on any atom is -0.480 e. The van der Waals surface area contributed by atoms with Crippen LogP contribution in [0.5, 0.6) is 23.0 Å². The van der Waals surface area contributed by atoms with Crippen LogP contribution >= 0.6 is 0 Å². The van der Waals surface area contributed by atoms with Crippen LogP contribution in [0.3, 0.4) is 0 Å². The molecule has 0 amide bonds. The van der Waals surface area contributed by atoms with Crippen LogP contribution in [-0.2, 0) is 0 Å². The minimum absolute atomic E-state index is 0.525. The van der Waals surface area contributed by atoms with Crippen molar-refractivity contribution in [3.05, 3.63) is 121 Å². The summed E-state index contributed by atoms with van der Waals surface area (Å²) >= 11 is 0. The summed E-state index contributed by atoms with van der Waals surface area (Å²) in [6.45, 7) is 1.95. The smallest absolute Gasteiger partial charge is 0.454 e. The molecule has 0 aliphatic carbocycles. The van der Waals surface area contributed by atoms with Gasteiger partial charge in [0.2, 0.25) is 0 Å². The Balaban J connectivity index is 1.81. The van der Waals surface area contributed by atoms with Gasteiger partial charge in [0.25, 0.3) is 0 Å². The van der Waals surface area contributed by atoms with Crippen LogP contribution in [0.1, 0.15) is 6.92 Å². The van der Waals surface area contributed by atoms with Gasteiger partial charge in [-0.1, -0.05) is 72.8 Å². The van der Waals surface area contributed by atoms with Gasteiger partial charge in [0.15, 0.2) is 5.22 Å². The molecule has 0 aliphatic heterocycles. The van der Waals surface area contributed by atoms with Crippen molar-refractivity contribution in [2.75, 3.05) is 0 Å². The quantitative estimate of drug-likeness (QED) is 0.269. The SMILES string of the molecule is CC([SiH3])(Oc1ccccc1)C(Oc1ccccc1)(Oc1ccccc1)Oc1ccccc1. The van der Waals surface area contributed by atoms with E-state index < -0.39 is 11.2 Å². The molecule has 0 saturated carbocycles. The van der Waals surface area contributed by atoms with Gasteiger partial charge in [0.1, 0.15) is 23.0 Å². The van der Waals surface area contributed by atoms with Gasteiger partial charge in [-0.25, -0.2) is 0 Å². The maximum absolute atomic E-state index is 6.51. The van der Waals surface area contributed by atoms with E-state index in [0.29, 0.717) is 33.2 Å². The summed E-state index contributed by atoms with van der Waals surface area (Å²) in [6, 6.07) is 38.1. The van der Waals surface area contributed by atoms with E-state index in [9.17, 15) is 0 Å². The van der Waals surface area contributed by atoms with Crippen molar-refractivity contribution in [3.63, 3.8) is 0 Å². The van der Waals surface area contributed by atoms with E-state index in [4.69, 9.17) is 18.9 Å². The zero-order valence-electron chi connectivity index (χ0n) is 18.2. The second-order valence-corrected chi connectivity index (χ2v) is 9.64. The second-order valence-electron chi connectivity index (χ2n) is 7.73. The van der Waals surface area contributed by atoms with E-state index in [-0.39, 0.29) is 0 Å². The zero-order chi connectivity index (χ0) is 22.3. The number of rotatable bonds is 9. The Kier molecular flexibility index (Phi) is 6.47. The summed E-state index contributed by atoms with van der Waals surface area (Å²) in [6.07, 6.45) is 0. The molecule has 0 N–H and O–H groups in total. The summed E-state index contributed by atoms with van der Waals surface area (Å²) in [7, 11) is 0.525. The molecule has 0 heterocycles. The lowest BCUT2D eigenvalue weighted by Crippen LogP contribution is -2.67. The first-order chi connectivity index (χ1) is 15.6. The summed E-state index contributed by atoms with van der Waals surface area (Å²) < 4.78 is 26.0. The van der Waals surface area contributed by atoms with Gasteiger partial charge in [-0.2, -0.15) is 0 Å². The van der Waals surface area contributed by atoms with Gasteiger partial charge in [0, 0.05) is 0 Å². The van der Waals surface area contributed by atoms with Crippen LogP contribution < -0.4 is 18.9 Å². The van der Waals surface area contributed by atoms with Crippen LogP contribution in [0.25, 0.3) is 0 Å². The molecular formula is C27H26O4Si. The van der Waals surface area contributed by atoms with Crippen molar-refractivity contribution in [2.24, 2.45) is 0 Å². The monoisotopic (exact) mass is 442 g/mol. The van der Waals surface area contributed by atoms with Gasteiger partial charge in [-0.15, -0.1) is 0 Å². The summed E-state index contributed by atoms with van der Waals surface area (Å²) in [5.74, 6) is 0.938. The molecular weight excluding hydrogens is 416 g/mol. The highest BCUT2D eigenvalue weighted by atomic mass is 28.1. The first-order valence-electron chi connectivity index (χ1n) is 10.5. The van der Waals surface area contributed by atoms with E-state index in [1.807, 2.05) is 128 Å². The van der Waals surface area contributed by atoms with Crippen LogP contribution in [0.4, 0.5) is 0 Å². The van der Waals surface area contributed by atoms with Crippen molar-refractivity contribution in [3.8, 4) is 23.0 Å². The Morgan fingerprint density at radius 2 is 0.688 bits per heavy atom. The molecule has 4 aromatic rings. The van der Waals surface area contributed by atoms with E-state index >= 15 is 0 Å². The first-order valence-corrected chi connectivity index (χ1v) is 11.5. The lowest BCUT2D eigenvalue weighted by Gasteiger charge is -2.44. The molecule has 4 aromatic carbocycles. The maximum Gasteiger partial charge on any atom is 0.454 e. The Morgan fingerprint density at radius 3 is 0.969 bits per heavy atom. The molecule has 32 heavy (non-hydrogen) atoms. The second kappa shape index (κ2) is 9.62. The number of benzene rings is 4. The van der Waals surface area contributed by atoms with E-state index in [1.54, 1.807) is 0 Å². The Hall–Kier alpha value is -3.70. The number of hydrogen-bond donors (Lipinski definition) is 0. The van der Waals surface area contributed by atoms with Gasteiger partial charge in [-0.3, -0.25) is 0 Å². The fourth-order valence-corrected chi connectivity index (χ4v) is 3.75. The third-order valence-corrected chi connectivity index (χ3v) is 5.66. The van der Waals surface area contributed by atoms with Crippen molar-refractivity contribution in [2.45, 2.75) is 18.1 Å². The van der Waals surface area contributed by atoms with Crippen molar-refractivity contribution in [1.82, 2.24) is 0 Å². The highest BCUT2D eigenvalue weighted by Gasteiger charge is 2.56. The summed E-state index contributed by atoms with van der Waals surface area (Å²) in [5.41, 5.74) is 0. The lowest BCUT2D eigenvalue weighted by atomic mass is 10.2. The van der Waals surface area contributed by atoms with Crippen molar-refractivity contribution < 1.29 is 18.9 Å². The molecule has 4 rings (SSSR count). The number of ether oxygens (including phenoxy) is 4. The van der Waals surface area contributed by atoms with Crippen LogP contribution in [0, 0.1) is 0 Å². The number of para-hydroxylation sites is 4. The largest absolute Gasteiger partial charge is 0.480 e. The molecule has 0 spiro atoms. The van der Waals surface area contributed by atoms with Gasteiger partial charge >= 0.3 is 5.97 Å². The fourth-order valence-electron chi connectivity index (χ4n) is 3.21. The lowest BCUT2D eigenvalue weighted by molar-refractivity contribution is -0.306. The number of hydrogen-bond acceptors (Lipinski definition) is 4. The predicted molar refractivity (Wildman–Crippen MR) is 129 cm³/mol. The molecule has 0 aromatic heterocycles. The van der Waals surface area contributed by atoms with Gasteiger partial charge in [-0.05, 0) is 55.5 Å². The maximum atomic E-state index is 6.51. The molecule has 0 saturated heterocycles. The molecule has 5 heteroatoms. The van der Waals surface area contributed by atoms with Crippen LogP contribution in [0.2, 0.25) is 0 Å². The fraction of sp³-hybridized carbons (Fsp3) is 0.111. The third-order valence-electron chi connectivity index (χ3n) is 4.84. The Bertz CT molecular complexity index is 986. The van der Waals surface area contributed by atoms with Crippen LogP contribution in [0.15, 0.2) is 121 Å². The van der Waals surface area contributed by atoms with Gasteiger partial charge < -0.3 is 18.9 Å². The molecule has 1 unspecified atom stereocenters. The molecule has 0 fully saturated rings. The normalized spacial score (nSPS) is 13.0. The first kappa shape index (κ1) is 21.5. The van der Waals surface area contributed by atoms with Crippen molar-refractivity contribution >= 4 is 10.2 Å². The predicted octanol–water partition coefficient (Wildman–Crippen LogP) is 5.04. The minimum atomic E-state index is -1.60. The third kappa shape index (κ3) is 5.13. The van der Waals surface area contributed by atoms with Crippen LogP contribution in [-0.4, -0.2) is 21.4 Å². The van der Waals surface area contributed by atoms with Gasteiger partial charge in [0.05, 0.1) is 10.2 Å². The molecule has 0 radical (unpaired) electrons. The molecule has 0 bridgehead atoms. The van der Waals surface area contributed by atoms with E-state index in [0.717, 1.165) is 0 Å². The zero-order valence-corrected chi connectivity index (χ0v) is 20.2. The Labute approximate surface area is 191 Å². The molecule has 4 nitrogen and oxygen atoms in total. The summed E-state index contributed by atoms with van der Waals surface area (Å²) in [4.78, 5) is 0. The standard InChI is InChI=1S/C27H26O4Si/c1-26(32,28-22-14-6-2-7-15-22)27(29-23-16-8-3-9-17-23,30-24-18-10-4-11-19-24)31-25-20-12-5-13-21-25/h2-21H,1,32H3. The average Bonchev–Trinajstić information content (AvgIpc) is 2.81. The molecule has 0 aliphatic rings. The summed E-state index contributed by atoms with van der Waals surface area (Å²) in [5, 5.41) is -0.949. The average molecular weight is 443 g/mol. The Morgan fingerprint density at radius 1 is 0.438 bits per heavy atom. The topological polar surface area (TPSA) is 36.9 Å². The van der Waals surface area contributed by atoms with E-state index in [1.165, 1.54) is 0 Å². The molecule has 1 atom stereocenters. The van der Waals surface area contributed by atoms with E-state index in [2.05, 4.69) is 0 Å². The van der Waals surface area contributed by atoms with Crippen molar-refractivity contribution in [1.29, 1.82) is 0 Å².